The molecule has 0 aliphatic heterocycles. The Morgan fingerprint density at radius 1 is 1.25 bits per heavy atom. The fraction of sp³-hybridized carbons (Fsp3) is 0.182. The number of halogens is 3. The summed E-state index contributed by atoms with van der Waals surface area (Å²) >= 11 is 0. The molecular weight excluding hydrogens is 217 g/mol. The van der Waals surface area contributed by atoms with Gasteiger partial charge < -0.3 is 5.73 Å². The number of nitrogens with zero attached hydrogens (tertiary/aromatic N) is 1. The van der Waals surface area contributed by atoms with Crippen LogP contribution in [0.2, 0.25) is 0 Å². The Morgan fingerprint density at radius 2 is 2.00 bits per heavy atom. The molecule has 0 saturated heterocycles. The fourth-order valence-electron chi connectivity index (χ4n) is 1.55. The van der Waals surface area contributed by atoms with Crippen molar-refractivity contribution >= 4 is 10.9 Å². The Hall–Kier alpha value is -1.62. The summed E-state index contributed by atoms with van der Waals surface area (Å²) in [5.41, 5.74) is 5.37. The fourth-order valence-corrected chi connectivity index (χ4v) is 1.55. The zero-order valence-electron chi connectivity index (χ0n) is 8.25. The lowest BCUT2D eigenvalue weighted by molar-refractivity contribution is -0.136. The second kappa shape index (κ2) is 3.75. The minimum Gasteiger partial charge on any atom is -0.326 e. The Morgan fingerprint density at radius 3 is 2.62 bits per heavy atom. The molecule has 2 rings (SSSR count). The molecule has 0 spiro atoms. The highest BCUT2D eigenvalue weighted by Gasteiger charge is 2.32. The third-order valence-corrected chi connectivity index (χ3v) is 2.31. The van der Waals surface area contributed by atoms with Crippen LogP contribution in [0.25, 0.3) is 10.9 Å². The van der Waals surface area contributed by atoms with E-state index in [0.717, 1.165) is 6.07 Å². The molecule has 0 aliphatic carbocycles. The highest BCUT2D eigenvalue weighted by atomic mass is 19.4. The minimum atomic E-state index is -4.38. The van der Waals surface area contributed by atoms with Crippen molar-refractivity contribution in [2.24, 2.45) is 5.73 Å². The van der Waals surface area contributed by atoms with E-state index in [0.29, 0.717) is 10.9 Å². The average Bonchev–Trinajstić information content (AvgIpc) is 2.26. The molecule has 5 heteroatoms. The monoisotopic (exact) mass is 226 g/mol. The largest absolute Gasteiger partial charge is 0.418 e. The number of benzene rings is 1. The molecular formula is C11H9F3N2. The van der Waals surface area contributed by atoms with Crippen LogP contribution in [0.5, 0.6) is 0 Å². The van der Waals surface area contributed by atoms with Gasteiger partial charge in [-0.1, -0.05) is 12.1 Å². The molecule has 2 N–H and O–H groups in total. The first kappa shape index (κ1) is 10.9. The van der Waals surface area contributed by atoms with E-state index < -0.39 is 11.7 Å². The SMILES string of the molecule is NCc1cnc2c(C(F)(F)F)cccc2c1. The smallest absolute Gasteiger partial charge is 0.326 e. The van der Waals surface area contributed by atoms with Crippen LogP contribution in [-0.4, -0.2) is 4.98 Å². The van der Waals surface area contributed by atoms with Gasteiger partial charge in [0.1, 0.15) is 0 Å². The lowest BCUT2D eigenvalue weighted by atomic mass is 10.1. The van der Waals surface area contributed by atoms with E-state index in [1.165, 1.54) is 12.3 Å². The molecule has 1 heterocycles. The van der Waals surface area contributed by atoms with Gasteiger partial charge in [-0.2, -0.15) is 13.2 Å². The molecule has 0 radical (unpaired) electrons. The van der Waals surface area contributed by atoms with Gasteiger partial charge in [0.15, 0.2) is 0 Å². The molecule has 1 aromatic heterocycles. The molecule has 2 nitrogen and oxygen atoms in total. The van der Waals surface area contributed by atoms with Crippen LogP contribution in [0.1, 0.15) is 11.1 Å². The van der Waals surface area contributed by atoms with Crippen LogP contribution < -0.4 is 5.73 Å². The summed E-state index contributed by atoms with van der Waals surface area (Å²) in [5, 5.41) is 0.456. The zero-order valence-corrected chi connectivity index (χ0v) is 8.25. The standard InChI is InChI=1S/C11H9F3N2/c12-11(13,14)9-3-1-2-8-4-7(5-15)6-16-10(8)9/h1-4,6H,5,15H2. The molecule has 0 aliphatic rings. The molecule has 2 aromatic rings. The van der Waals surface area contributed by atoms with Gasteiger partial charge in [-0.3, -0.25) is 4.98 Å². The maximum Gasteiger partial charge on any atom is 0.418 e. The van der Waals surface area contributed by atoms with Crippen LogP contribution in [0.15, 0.2) is 30.5 Å². The van der Waals surface area contributed by atoms with Crippen molar-refractivity contribution in [2.45, 2.75) is 12.7 Å². The van der Waals surface area contributed by atoms with E-state index in [4.69, 9.17) is 5.73 Å². The Kier molecular flexibility index (Phi) is 2.55. The van der Waals surface area contributed by atoms with Crippen LogP contribution in [0.4, 0.5) is 13.2 Å². The third kappa shape index (κ3) is 1.86. The number of fused-ring (bicyclic) bond motifs is 1. The molecule has 0 unspecified atom stereocenters. The zero-order chi connectivity index (χ0) is 11.8. The molecule has 0 fully saturated rings. The van der Waals surface area contributed by atoms with Crippen LogP contribution in [0.3, 0.4) is 0 Å². The molecule has 84 valence electrons. The van der Waals surface area contributed by atoms with Crippen LogP contribution in [0, 0.1) is 0 Å². The summed E-state index contributed by atoms with van der Waals surface area (Å²) in [5.74, 6) is 0. The van der Waals surface area contributed by atoms with Gasteiger partial charge in [0.2, 0.25) is 0 Å². The molecule has 16 heavy (non-hydrogen) atoms. The average molecular weight is 226 g/mol. The van der Waals surface area contributed by atoms with Crippen molar-refractivity contribution in [2.75, 3.05) is 0 Å². The van der Waals surface area contributed by atoms with Crippen LogP contribution in [-0.2, 0) is 12.7 Å². The number of alkyl halides is 3. The predicted molar refractivity (Wildman–Crippen MR) is 54.6 cm³/mol. The van der Waals surface area contributed by atoms with Gasteiger partial charge in [-0.25, -0.2) is 0 Å². The highest BCUT2D eigenvalue weighted by Crippen LogP contribution is 2.33. The Bertz CT molecular complexity index is 520. The van der Waals surface area contributed by atoms with E-state index in [-0.39, 0.29) is 12.1 Å². The van der Waals surface area contributed by atoms with Crippen molar-refractivity contribution in [3.63, 3.8) is 0 Å². The van der Waals surface area contributed by atoms with Crippen molar-refractivity contribution in [1.29, 1.82) is 0 Å². The maximum absolute atomic E-state index is 12.6. The van der Waals surface area contributed by atoms with Gasteiger partial charge in [-0.15, -0.1) is 0 Å². The van der Waals surface area contributed by atoms with Crippen molar-refractivity contribution in [3.8, 4) is 0 Å². The number of para-hydroxylation sites is 1. The van der Waals surface area contributed by atoms with E-state index in [2.05, 4.69) is 4.98 Å². The normalized spacial score (nSPS) is 12.0. The van der Waals surface area contributed by atoms with E-state index in [9.17, 15) is 13.2 Å². The Labute approximate surface area is 89.9 Å². The maximum atomic E-state index is 12.6. The van der Waals surface area contributed by atoms with Gasteiger partial charge >= 0.3 is 6.18 Å². The van der Waals surface area contributed by atoms with Gasteiger partial charge in [0.05, 0.1) is 11.1 Å². The number of pyridine rings is 1. The summed E-state index contributed by atoms with van der Waals surface area (Å²) < 4.78 is 37.9. The quantitative estimate of drug-likeness (QED) is 0.811. The van der Waals surface area contributed by atoms with Gasteiger partial charge in [0.25, 0.3) is 0 Å². The topological polar surface area (TPSA) is 38.9 Å². The number of aromatic nitrogens is 1. The van der Waals surface area contributed by atoms with Crippen molar-refractivity contribution < 1.29 is 13.2 Å². The number of hydrogen-bond acceptors (Lipinski definition) is 2. The molecule has 1 aromatic carbocycles. The summed E-state index contributed by atoms with van der Waals surface area (Å²) in [6.07, 6.45) is -3.01. The van der Waals surface area contributed by atoms with Gasteiger partial charge in [0, 0.05) is 18.1 Å². The second-order valence-corrected chi connectivity index (χ2v) is 3.42. The van der Waals surface area contributed by atoms with Crippen LogP contribution >= 0.6 is 0 Å². The predicted octanol–water partition coefficient (Wildman–Crippen LogP) is 2.71. The van der Waals surface area contributed by atoms with Crippen molar-refractivity contribution in [3.05, 3.63) is 41.6 Å². The number of hydrogen-bond donors (Lipinski definition) is 1. The number of nitrogens with two attached hydrogens (primary N) is 1. The minimum absolute atomic E-state index is 0.0350. The Balaban J connectivity index is 2.70. The number of rotatable bonds is 1. The van der Waals surface area contributed by atoms with E-state index in [1.807, 2.05) is 0 Å². The summed E-state index contributed by atoms with van der Waals surface area (Å²) in [6.45, 7) is 0.263. The first-order valence-electron chi connectivity index (χ1n) is 4.67. The summed E-state index contributed by atoms with van der Waals surface area (Å²) in [6, 6.07) is 5.61. The summed E-state index contributed by atoms with van der Waals surface area (Å²) in [4.78, 5) is 3.82. The molecule has 0 atom stereocenters. The first-order chi connectivity index (χ1) is 7.52. The van der Waals surface area contributed by atoms with E-state index in [1.54, 1.807) is 12.1 Å². The lowest BCUT2D eigenvalue weighted by Crippen LogP contribution is -2.07. The molecule has 0 saturated carbocycles. The first-order valence-corrected chi connectivity index (χ1v) is 4.67. The molecule has 0 amide bonds. The molecule has 0 bridgehead atoms. The second-order valence-electron chi connectivity index (χ2n) is 3.42. The third-order valence-electron chi connectivity index (χ3n) is 2.31. The van der Waals surface area contributed by atoms with Crippen molar-refractivity contribution in [1.82, 2.24) is 4.98 Å². The lowest BCUT2D eigenvalue weighted by Gasteiger charge is -2.09. The highest BCUT2D eigenvalue weighted by molar-refractivity contribution is 5.82. The van der Waals surface area contributed by atoms with Gasteiger partial charge in [-0.05, 0) is 17.7 Å². The summed E-state index contributed by atoms with van der Waals surface area (Å²) in [7, 11) is 0. The van der Waals surface area contributed by atoms with E-state index >= 15 is 0 Å².